The van der Waals surface area contributed by atoms with Crippen LogP contribution in [0.2, 0.25) is 0 Å². The number of hydrogen-bond acceptors (Lipinski definition) is 4. The van der Waals surface area contributed by atoms with Gasteiger partial charge < -0.3 is 15.4 Å². The molecule has 2 N–H and O–H groups in total. The Morgan fingerprint density at radius 3 is 2.70 bits per heavy atom. The van der Waals surface area contributed by atoms with Crippen molar-refractivity contribution in [3.05, 3.63) is 59.4 Å². The molecule has 1 aliphatic rings. The Hall–Kier alpha value is -3.22. The maximum atomic E-state index is 13.2. The third-order valence-corrected chi connectivity index (χ3v) is 4.49. The number of carbonyl (C=O) groups is 3. The van der Waals surface area contributed by atoms with Gasteiger partial charge >= 0.3 is 0 Å². The highest BCUT2D eigenvalue weighted by Gasteiger charge is 2.37. The van der Waals surface area contributed by atoms with Crippen LogP contribution in [0.15, 0.2) is 42.5 Å². The number of Topliss-reactive ketones (excluding diaryl/α,β-unsaturated/α-hetero) is 1. The molecule has 2 aromatic rings. The summed E-state index contributed by atoms with van der Waals surface area (Å²) in [5.41, 5.74) is 7.14. The number of carbonyl (C=O) groups excluding carboxylic acids is 3. The second-order valence-corrected chi connectivity index (χ2v) is 6.50. The van der Waals surface area contributed by atoms with Gasteiger partial charge in [0.05, 0.1) is 5.92 Å². The third kappa shape index (κ3) is 4.13. The number of hydrogen-bond donors (Lipinski definition) is 1. The van der Waals surface area contributed by atoms with E-state index >= 15 is 0 Å². The molecule has 1 atom stereocenters. The summed E-state index contributed by atoms with van der Waals surface area (Å²) in [6.45, 7) is 2.18. The second kappa shape index (κ2) is 7.57. The van der Waals surface area contributed by atoms with Crippen molar-refractivity contribution in [3.8, 4) is 5.75 Å². The standard InChI is InChI=1S/C20H19FN2O4/c1-12-7-16(23-10-14(9-18(23)24)19(25)20(22)26)5-6-17(12)27-11-13-3-2-4-15(21)8-13/h2-8,14H,9-11H2,1H3,(H2,22,26). The van der Waals surface area contributed by atoms with E-state index in [4.69, 9.17) is 10.5 Å². The molecule has 0 aliphatic carbocycles. The zero-order valence-corrected chi connectivity index (χ0v) is 14.8. The molecule has 27 heavy (non-hydrogen) atoms. The van der Waals surface area contributed by atoms with Crippen molar-refractivity contribution in [2.75, 3.05) is 11.4 Å². The highest BCUT2D eigenvalue weighted by Crippen LogP contribution is 2.30. The van der Waals surface area contributed by atoms with Gasteiger partial charge in [-0.1, -0.05) is 12.1 Å². The number of rotatable bonds is 6. The summed E-state index contributed by atoms with van der Waals surface area (Å²) in [4.78, 5) is 36.5. The second-order valence-electron chi connectivity index (χ2n) is 6.50. The molecule has 2 amide bonds. The lowest BCUT2D eigenvalue weighted by Crippen LogP contribution is -2.32. The number of nitrogens with zero attached hydrogens (tertiary/aromatic N) is 1. The van der Waals surface area contributed by atoms with E-state index in [9.17, 15) is 18.8 Å². The minimum atomic E-state index is -1.02. The Bertz CT molecular complexity index is 913. The molecule has 0 bridgehead atoms. The van der Waals surface area contributed by atoms with Crippen molar-refractivity contribution in [3.63, 3.8) is 0 Å². The van der Waals surface area contributed by atoms with Crippen molar-refractivity contribution >= 4 is 23.3 Å². The number of primary amides is 1. The van der Waals surface area contributed by atoms with Crippen LogP contribution in [0.4, 0.5) is 10.1 Å². The quantitative estimate of drug-likeness (QED) is 0.789. The number of ether oxygens (including phenoxy) is 1. The van der Waals surface area contributed by atoms with Gasteiger partial charge in [-0.2, -0.15) is 0 Å². The molecule has 1 fully saturated rings. The lowest BCUT2D eigenvalue weighted by atomic mass is 10.0. The predicted octanol–water partition coefficient (Wildman–Crippen LogP) is 2.12. The van der Waals surface area contributed by atoms with Gasteiger partial charge in [-0.05, 0) is 48.4 Å². The van der Waals surface area contributed by atoms with E-state index in [0.29, 0.717) is 17.0 Å². The molecule has 0 spiro atoms. The van der Waals surface area contributed by atoms with Gasteiger partial charge in [-0.3, -0.25) is 14.4 Å². The summed E-state index contributed by atoms with van der Waals surface area (Å²) in [5, 5.41) is 0. The first-order valence-corrected chi connectivity index (χ1v) is 8.47. The minimum absolute atomic E-state index is 0.0291. The number of amides is 2. The molecule has 6 nitrogen and oxygen atoms in total. The van der Waals surface area contributed by atoms with Crippen molar-refractivity contribution in [2.45, 2.75) is 20.0 Å². The number of nitrogens with two attached hydrogens (primary N) is 1. The Balaban J connectivity index is 1.70. The molecule has 1 heterocycles. The van der Waals surface area contributed by atoms with Crippen LogP contribution in [0.25, 0.3) is 0 Å². The zero-order valence-electron chi connectivity index (χ0n) is 14.8. The van der Waals surface area contributed by atoms with Crippen LogP contribution in [0.1, 0.15) is 17.5 Å². The smallest absolute Gasteiger partial charge is 0.285 e. The van der Waals surface area contributed by atoms with Crippen molar-refractivity contribution < 1.29 is 23.5 Å². The summed E-state index contributed by atoms with van der Waals surface area (Å²) in [6.07, 6.45) is -0.0291. The fraction of sp³-hybridized carbons (Fsp3) is 0.250. The molecule has 1 unspecified atom stereocenters. The summed E-state index contributed by atoms with van der Waals surface area (Å²) >= 11 is 0. The molecule has 1 saturated heterocycles. The molecule has 140 valence electrons. The van der Waals surface area contributed by atoms with Gasteiger partial charge in [0.1, 0.15) is 18.2 Å². The maximum Gasteiger partial charge on any atom is 0.285 e. The van der Waals surface area contributed by atoms with Crippen LogP contribution in [0.3, 0.4) is 0 Å². The van der Waals surface area contributed by atoms with Crippen LogP contribution >= 0.6 is 0 Å². The molecule has 0 aromatic heterocycles. The van der Waals surface area contributed by atoms with E-state index in [-0.39, 0.29) is 31.3 Å². The van der Waals surface area contributed by atoms with E-state index in [1.54, 1.807) is 30.3 Å². The highest BCUT2D eigenvalue weighted by atomic mass is 19.1. The SMILES string of the molecule is Cc1cc(N2CC(C(=O)C(N)=O)CC2=O)ccc1OCc1cccc(F)c1. The van der Waals surface area contributed by atoms with E-state index < -0.39 is 17.6 Å². The molecule has 0 radical (unpaired) electrons. The van der Waals surface area contributed by atoms with Crippen molar-refractivity contribution in [1.29, 1.82) is 0 Å². The molecule has 3 rings (SSSR count). The fourth-order valence-corrected chi connectivity index (χ4v) is 3.09. The molecule has 1 aliphatic heterocycles. The highest BCUT2D eigenvalue weighted by molar-refractivity contribution is 6.37. The average Bonchev–Trinajstić information content (AvgIpc) is 3.01. The Morgan fingerprint density at radius 2 is 2.04 bits per heavy atom. The summed E-state index contributed by atoms with van der Waals surface area (Å²) in [6, 6.07) is 11.4. The monoisotopic (exact) mass is 370 g/mol. The minimum Gasteiger partial charge on any atom is -0.489 e. The Labute approximate surface area is 155 Å². The Morgan fingerprint density at radius 1 is 1.26 bits per heavy atom. The number of benzene rings is 2. The van der Waals surface area contributed by atoms with Gasteiger partial charge in [-0.25, -0.2) is 4.39 Å². The van der Waals surface area contributed by atoms with E-state index in [0.717, 1.165) is 5.56 Å². The number of aryl methyl sites for hydroxylation is 1. The first-order chi connectivity index (χ1) is 12.8. The number of anilines is 1. The maximum absolute atomic E-state index is 13.2. The lowest BCUT2D eigenvalue weighted by Gasteiger charge is -2.18. The fourth-order valence-electron chi connectivity index (χ4n) is 3.09. The number of halogens is 1. The normalized spacial score (nSPS) is 16.4. The van der Waals surface area contributed by atoms with Gasteiger partial charge in [0.15, 0.2) is 0 Å². The summed E-state index contributed by atoms with van der Waals surface area (Å²) in [5.74, 6) is -2.40. The lowest BCUT2D eigenvalue weighted by molar-refractivity contribution is -0.138. The average molecular weight is 370 g/mol. The molecule has 7 heteroatoms. The van der Waals surface area contributed by atoms with E-state index in [2.05, 4.69) is 0 Å². The van der Waals surface area contributed by atoms with Gasteiger partial charge in [0, 0.05) is 18.7 Å². The van der Waals surface area contributed by atoms with Crippen LogP contribution in [-0.2, 0) is 21.0 Å². The van der Waals surface area contributed by atoms with E-state index in [1.807, 2.05) is 6.92 Å². The van der Waals surface area contributed by atoms with Gasteiger partial charge in [-0.15, -0.1) is 0 Å². The third-order valence-electron chi connectivity index (χ3n) is 4.49. The zero-order chi connectivity index (χ0) is 19.6. The van der Waals surface area contributed by atoms with Crippen LogP contribution in [-0.4, -0.2) is 24.1 Å². The first kappa shape index (κ1) is 18.6. The topological polar surface area (TPSA) is 89.7 Å². The predicted molar refractivity (Wildman–Crippen MR) is 96.6 cm³/mol. The molecule has 2 aromatic carbocycles. The van der Waals surface area contributed by atoms with Crippen LogP contribution in [0.5, 0.6) is 5.75 Å². The van der Waals surface area contributed by atoms with Crippen LogP contribution in [0, 0.1) is 18.7 Å². The van der Waals surface area contributed by atoms with Crippen molar-refractivity contribution in [1.82, 2.24) is 0 Å². The van der Waals surface area contributed by atoms with E-state index in [1.165, 1.54) is 17.0 Å². The summed E-state index contributed by atoms with van der Waals surface area (Å²) < 4.78 is 19.0. The Kier molecular flexibility index (Phi) is 5.21. The number of ketones is 1. The van der Waals surface area contributed by atoms with Gasteiger partial charge in [0.2, 0.25) is 11.7 Å². The molecule has 0 saturated carbocycles. The molecular weight excluding hydrogens is 351 g/mol. The molecular formula is C20H19FN2O4. The summed E-state index contributed by atoms with van der Waals surface area (Å²) in [7, 11) is 0. The van der Waals surface area contributed by atoms with Crippen LogP contribution < -0.4 is 15.4 Å². The van der Waals surface area contributed by atoms with Gasteiger partial charge in [0.25, 0.3) is 5.91 Å². The first-order valence-electron chi connectivity index (χ1n) is 8.47. The largest absolute Gasteiger partial charge is 0.489 e. The van der Waals surface area contributed by atoms with Crippen molar-refractivity contribution in [2.24, 2.45) is 11.7 Å².